The average Bonchev–Trinajstić information content (AvgIpc) is 2.63. The van der Waals surface area contributed by atoms with E-state index in [1.807, 2.05) is 18.2 Å². The van der Waals surface area contributed by atoms with Crippen LogP contribution in [0, 0.1) is 0 Å². The van der Waals surface area contributed by atoms with Gasteiger partial charge >= 0.3 is 12.1 Å². The van der Waals surface area contributed by atoms with Crippen LogP contribution in [0.5, 0.6) is 11.5 Å². The molecule has 0 amide bonds. The van der Waals surface area contributed by atoms with Crippen molar-refractivity contribution in [2.24, 2.45) is 0 Å². The zero-order chi connectivity index (χ0) is 18.8. The Labute approximate surface area is 155 Å². The van der Waals surface area contributed by atoms with Crippen LogP contribution in [0.1, 0.15) is 18.1 Å². The number of carbonyl (C=O) groups is 2. The van der Waals surface area contributed by atoms with Gasteiger partial charge in [0.25, 0.3) is 0 Å². The number of esters is 1. The molecule has 3 rings (SSSR count). The predicted molar refractivity (Wildman–Crippen MR) is 98.8 cm³/mol. The number of halogens is 1. The molecule has 0 heterocycles. The number of rotatable bonds is 3. The van der Waals surface area contributed by atoms with Crippen LogP contribution in [0.2, 0.25) is 0 Å². The summed E-state index contributed by atoms with van der Waals surface area (Å²) in [5.74, 6) is 0.273. The molecular formula is C20H17ClO5. The first-order chi connectivity index (χ1) is 12.4. The summed E-state index contributed by atoms with van der Waals surface area (Å²) in [6, 6.07) is 7.23. The van der Waals surface area contributed by atoms with Crippen LogP contribution in [0.3, 0.4) is 0 Å². The Balaban J connectivity index is 2.29. The summed E-state index contributed by atoms with van der Waals surface area (Å²) in [6.07, 6.45) is 1.85. The van der Waals surface area contributed by atoms with Crippen molar-refractivity contribution < 1.29 is 23.8 Å². The second-order valence-corrected chi connectivity index (χ2v) is 6.40. The predicted octanol–water partition coefficient (Wildman–Crippen LogP) is 4.69. The Morgan fingerprint density at radius 1 is 1.08 bits per heavy atom. The first kappa shape index (κ1) is 18.0. The molecule has 0 saturated carbocycles. The molecule has 0 N–H and O–H groups in total. The minimum atomic E-state index is -0.815. The highest BCUT2D eigenvalue weighted by Gasteiger charge is 2.26. The maximum absolute atomic E-state index is 12.2. The largest absolute Gasteiger partial charge is 0.513 e. The Bertz CT molecular complexity index is 958. The molecule has 0 atom stereocenters. The monoisotopic (exact) mass is 372 g/mol. The first-order valence-electron chi connectivity index (χ1n) is 7.96. The summed E-state index contributed by atoms with van der Waals surface area (Å²) >= 11 is 6.22. The molecule has 0 fully saturated rings. The summed E-state index contributed by atoms with van der Waals surface area (Å²) in [7, 11) is 1.25. The number of fused-ring (bicyclic) bond motifs is 2. The summed E-state index contributed by atoms with van der Waals surface area (Å²) in [6.45, 7) is 5.21. The minimum Gasteiger partial charge on any atom is -0.437 e. The molecule has 26 heavy (non-hydrogen) atoms. The first-order valence-corrected chi connectivity index (χ1v) is 8.34. The van der Waals surface area contributed by atoms with Crippen LogP contribution in [-0.2, 0) is 22.4 Å². The SMILES string of the molecule is C=C(C)C(=O)Oc1c2c(c(OC(=O)OC)c3ccccc13)CC=C(Cl)C2. The fourth-order valence-electron chi connectivity index (χ4n) is 2.87. The van der Waals surface area contributed by atoms with E-state index in [2.05, 4.69) is 11.3 Å². The highest BCUT2D eigenvalue weighted by molar-refractivity contribution is 6.30. The van der Waals surface area contributed by atoms with Crippen molar-refractivity contribution in [2.75, 3.05) is 7.11 Å². The third-order valence-electron chi connectivity index (χ3n) is 4.10. The van der Waals surface area contributed by atoms with Crippen LogP contribution in [-0.4, -0.2) is 19.2 Å². The van der Waals surface area contributed by atoms with E-state index in [1.54, 1.807) is 19.1 Å². The van der Waals surface area contributed by atoms with Crippen molar-refractivity contribution in [1.29, 1.82) is 0 Å². The molecule has 0 bridgehead atoms. The Kier molecular flexibility index (Phi) is 5.00. The number of carbonyl (C=O) groups excluding carboxylic acids is 2. The zero-order valence-corrected chi connectivity index (χ0v) is 15.2. The molecule has 0 radical (unpaired) electrons. The highest BCUT2D eigenvalue weighted by Crippen LogP contribution is 2.44. The number of hydrogen-bond acceptors (Lipinski definition) is 5. The number of methoxy groups -OCH3 is 1. The van der Waals surface area contributed by atoms with Crippen LogP contribution >= 0.6 is 11.6 Å². The topological polar surface area (TPSA) is 61.8 Å². The third-order valence-corrected chi connectivity index (χ3v) is 4.39. The van der Waals surface area contributed by atoms with Gasteiger partial charge in [-0.25, -0.2) is 9.59 Å². The van der Waals surface area contributed by atoms with Crippen LogP contribution in [0.4, 0.5) is 4.79 Å². The van der Waals surface area contributed by atoms with Crippen LogP contribution < -0.4 is 9.47 Å². The van der Waals surface area contributed by atoms with Gasteiger partial charge in [-0.15, -0.1) is 0 Å². The average molecular weight is 373 g/mol. The maximum atomic E-state index is 12.2. The minimum absolute atomic E-state index is 0.287. The number of benzene rings is 2. The van der Waals surface area contributed by atoms with E-state index < -0.39 is 12.1 Å². The van der Waals surface area contributed by atoms with E-state index in [-0.39, 0.29) is 5.57 Å². The van der Waals surface area contributed by atoms with Gasteiger partial charge in [-0.1, -0.05) is 48.5 Å². The van der Waals surface area contributed by atoms with Crippen molar-refractivity contribution in [3.63, 3.8) is 0 Å². The lowest BCUT2D eigenvalue weighted by Crippen LogP contribution is -2.15. The second kappa shape index (κ2) is 7.22. The lowest BCUT2D eigenvalue weighted by Gasteiger charge is -2.23. The highest BCUT2D eigenvalue weighted by atomic mass is 35.5. The molecule has 0 saturated heterocycles. The van der Waals surface area contributed by atoms with E-state index in [0.717, 1.165) is 5.56 Å². The standard InChI is InChI=1S/C20H17ClO5/c1-11(2)19(22)25-18-14-7-5-4-6-13(14)17(26-20(23)24-3)15-9-8-12(21)10-16(15)18/h4-8H,1,9-10H2,2-3H3. The molecule has 0 unspecified atom stereocenters. The molecule has 0 spiro atoms. The lowest BCUT2D eigenvalue weighted by atomic mass is 9.90. The molecule has 6 heteroatoms. The second-order valence-electron chi connectivity index (χ2n) is 5.92. The van der Waals surface area contributed by atoms with Crippen molar-refractivity contribution in [1.82, 2.24) is 0 Å². The van der Waals surface area contributed by atoms with Gasteiger partial charge in [-0.2, -0.15) is 0 Å². The van der Waals surface area contributed by atoms with Crippen molar-refractivity contribution in [2.45, 2.75) is 19.8 Å². The van der Waals surface area contributed by atoms with Gasteiger partial charge in [-0.3, -0.25) is 0 Å². The Hall–Kier alpha value is -2.79. The zero-order valence-electron chi connectivity index (χ0n) is 14.4. The molecule has 2 aromatic carbocycles. The van der Waals surface area contributed by atoms with Gasteiger partial charge < -0.3 is 14.2 Å². The maximum Gasteiger partial charge on any atom is 0.513 e. The van der Waals surface area contributed by atoms with Crippen molar-refractivity contribution >= 4 is 34.5 Å². The van der Waals surface area contributed by atoms with Crippen LogP contribution in [0.15, 0.2) is 47.5 Å². The third kappa shape index (κ3) is 3.30. The molecule has 0 aliphatic heterocycles. The Morgan fingerprint density at radius 3 is 2.27 bits per heavy atom. The summed E-state index contributed by atoms with van der Waals surface area (Å²) < 4.78 is 15.7. The lowest BCUT2D eigenvalue weighted by molar-refractivity contribution is -0.130. The molecule has 5 nitrogen and oxygen atoms in total. The van der Waals surface area contributed by atoms with Gasteiger partial charge in [0, 0.05) is 38.9 Å². The quantitative estimate of drug-likeness (QED) is 0.338. The number of hydrogen-bond donors (Lipinski definition) is 0. The number of allylic oxidation sites excluding steroid dienone is 2. The Morgan fingerprint density at radius 2 is 1.69 bits per heavy atom. The fraction of sp³-hybridized carbons (Fsp3) is 0.200. The van der Waals surface area contributed by atoms with E-state index in [0.29, 0.717) is 45.7 Å². The summed E-state index contributed by atoms with van der Waals surface area (Å²) in [4.78, 5) is 23.9. The smallest absolute Gasteiger partial charge is 0.437 e. The van der Waals surface area contributed by atoms with Gasteiger partial charge in [-0.05, 0) is 13.3 Å². The molecule has 1 aliphatic carbocycles. The van der Waals surface area contributed by atoms with E-state index in [4.69, 9.17) is 21.1 Å². The summed E-state index contributed by atoms with van der Waals surface area (Å²) in [5.41, 5.74) is 1.74. The molecular weight excluding hydrogens is 356 g/mol. The van der Waals surface area contributed by atoms with E-state index in [9.17, 15) is 9.59 Å². The van der Waals surface area contributed by atoms with Crippen molar-refractivity contribution in [3.8, 4) is 11.5 Å². The molecule has 0 aromatic heterocycles. The normalized spacial score (nSPS) is 12.8. The summed E-state index contributed by atoms with van der Waals surface area (Å²) in [5, 5.41) is 1.92. The fourth-order valence-corrected chi connectivity index (χ4v) is 3.08. The van der Waals surface area contributed by atoms with Gasteiger partial charge in [0.2, 0.25) is 0 Å². The van der Waals surface area contributed by atoms with Crippen LogP contribution in [0.25, 0.3) is 10.8 Å². The van der Waals surface area contributed by atoms with Gasteiger partial charge in [0.1, 0.15) is 11.5 Å². The van der Waals surface area contributed by atoms with Crippen molar-refractivity contribution in [3.05, 3.63) is 58.7 Å². The number of ether oxygens (including phenoxy) is 3. The van der Waals surface area contributed by atoms with E-state index >= 15 is 0 Å². The molecule has 2 aromatic rings. The van der Waals surface area contributed by atoms with E-state index in [1.165, 1.54) is 7.11 Å². The van der Waals surface area contributed by atoms with Gasteiger partial charge in [0.05, 0.1) is 7.11 Å². The molecule has 134 valence electrons. The van der Waals surface area contributed by atoms with Gasteiger partial charge in [0.15, 0.2) is 0 Å². The molecule has 1 aliphatic rings.